The van der Waals surface area contributed by atoms with Gasteiger partial charge < -0.3 is 15.5 Å². The first-order valence-corrected chi connectivity index (χ1v) is 10.2. The molecule has 0 bridgehead atoms. The summed E-state index contributed by atoms with van der Waals surface area (Å²) in [4.78, 5) is 13.0. The van der Waals surface area contributed by atoms with Crippen molar-refractivity contribution in [1.82, 2.24) is 0 Å². The van der Waals surface area contributed by atoms with Gasteiger partial charge in [0.1, 0.15) is 17.2 Å². The van der Waals surface area contributed by atoms with Gasteiger partial charge in [0.05, 0.1) is 16.3 Å². The van der Waals surface area contributed by atoms with Gasteiger partial charge in [0.15, 0.2) is 0 Å². The zero-order valence-electron chi connectivity index (χ0n) is 17.4. The molecule has 0 fully saturated rings. The first kappa shape index (κ1) is 21.3. The number of anilines is 1. The lowest BCUT2D eigenvalue weighted by Gasteiger charge is -2.12. The highest BCUT2D eigenvalue weighted by Gasteiger charge is 2.18. The molecular formula is C25H20ClN3O3. The standard InChI is InChI=1S/C25H20ClN3O3/c1-14-7-9-21(15(2)11-14)27-25(32)19-13-23(17-5-3-4-6-18(17)24(19)31)29-28-22-10-8-16(30)12-20(22)26/h3-13,30-31H,1-2H3,(H,27,32). The number of hydrogen-bond donors (Lipinski definition) is 3. The molecule has 0 saturated heterocycles. The van der Waals surface area contributed by atoms with Crippen LogP contribution in [0.5, 0.6) is 11.5 Å². The van der Waals surface area contributed by atoms with Crippen LogP contribution in [0.3, 0.4) is 0 Å². The van der Waals surface area contributed by atoms with E-state index < -0.39 is 5.91 Å². The van der Waals surface area contributed by atoms with Crippen LogP contribution in [0.1, 0.15) is 21.5 Å². The van der Waals surface area contributed by atoms with Crippen molar-refractivity contribution >= 4 is 45.3 Å². The number of carbonyl (C=O) groups excluding carboxylic acids is 1. The molecule has 4 aromatic rings. The highest BCUT2D eigenvalue weighted by molar-refractivity contribution is 6.33. The maximum absolute atomic E-state index is 13.0. The van der Waals surface area contributed by atoms with Crippen molar-refractivity contribution in [2.45, 2.75) is 13.8 Å². The summed E-state index contributed by atoms with van der Waals surface area (Å²) < 4.78 is 0. The third-order valence-corrected chi connectivity index (χ3v) is 5.37. The lowest BCUT2D eigenvalue weighted by molar-refractivity contribution is 0.102. The second kappa shape index (κ2) is 8.69. The molecule has 0 saturated carbocycles. The van der Waals surface area contributed by atoms with Gasteiger partial charge in [-0.2, -0.15) is 0 Å². The van der Waals surface area contributed by atoms with Crippen molar-refractivity contribution in [3.63, 3.8) is 0 Å². The van der Waals surface area contributed by atoms with E-state index in [1.165, 1.54) is 24.3 Å². The topological polar surface area (TPSA) is 94.3 Å². The van der Waals surface area contributed by atoms with Crippen LogP contribution in [0.25, 0.3) is 10.8 Å². The minimum atomic E-state index is -0.459. The number of phenolic OH excluding ortho intramolecular Hbond substituents is 2. The molecule has 160 valence electrons. The maximum atomic E-state index is 13.0. The first-order valence-electron chi connectivity index (χ1n) is 9.87. The van der Waals surface area contributed by atoms with Crippen molar-refractivity contribution in [1.29, 1.82) is 0 Å². The Balaban J connectivity index is 1.77. The molecule has 0 aliphatic heterocycles. The van der Waals surface area contributed by atoms with Crippen molar-refractivity contribution in [2.75, 3.05) is 5.32 Å². The van der Waals surface area contributed by atoms with Crippen LogP contribution in [-0.4, -0.2) is 16.1 Å². The summed E-state index contributed by atoms with van der Waals surface area (Å²) in [6.45, 7) is 3.88. The Labute approximate surface area is 189 Å². The van der Waals surface area contributed by atoms with Gasteiger partial charge in [-0.1, -0.05) is 53.6 Å². The summed E-state index contributed by atoms with van der Waals surface area (Å²) >= 11 is 6.12. The SMILES string of the molecule is Cc1ccc(NC(=O)c2cc(N=Nc3ccc(O)cc3Cl)c3ccccc3c2O)c(C)c1. The fraction of sp³-hybridized carbons (Fsp3) is 0.0800. The number of halogens is 1. The molecule has 3 N–H and O–H groups in total. The molecule has 6 nitrogen and oxygen atoms in total. The second-order valence-corrected chi connectivity index (χ2v) is 7.85. The van der Waals surface area contributed by atoms with E-state index in [1.807, 2.05) is 38.1 Å². The first-order chi connectivity index (χ1) is 15.3. The Hall–Kier alpha value is -3.90. The Morgan fingerprint density at radius 3 is 2.31 bits per heavy atom. The Morgan fingerprint density at radius 2 is 1.59 bits per heavy atom. The molecule has 0 spiro atoms. The minimum Gasteiger partial charge on any atom is -0.508 e. The smallest absolute Gasteiger partial charge is 0.259 e. The number of nitrogens with zero attached hydrogens (tertiary/aromatic N) is 2. The lowest BCUT2D eigenvalue weighted by atomic mass is 10.0. The van der Waals surface area contributed by atoms with Gasteiger partial charge in [0.2, 0.25) is 0 Å². The third-order valence-electron chi connectivity index (χ3n) is 5.07. The molecule has 0 unspecified atom stereocenters. The molecule has 32 heavy (non-hydrogen) atoms. The molecule has 0 heterocycles. The molecule has 4 rings (SSSR count). The van der Waals surface area contributed by atoms with E-state index in [1.54, 1.807) is 18.2 Å². The van der Waals surface area contributed by atoms with E-state index in [2.05, 4.69) is 15.5 Å². The Kier molecular flexibility index (Phi) is 5.79. The van der Waals surface area contributed by atoms with Crippen molar-refractivity contribution < 1.29 is 15.0 Å². The number of nitrogens with one attached hydrogen (secondary N) is 1. The quantitative estimate of drug-likeness (QED) is 0.290. The fourth-order valence-electron chi connectivity index (χ4n) is 3.42. The number of amides is 1. The predicted octanol–water partition coefficient (Wildman–Crippen LogP) is 7.19. The molecule has 0 aromatic heterocycles. The van der Waals surface area contributed by atoms with Gasteiger partial charge in [-0.05, 0) is 43.7 Å². The van der Waals surface area contributed by atoms with Gasteiger partial charge in [0.25, 0.3) is 5.91 Å². The summed E-state index contributed by atoms with van der Waals surface area (Å²) in [5, 5.41) is 33.0. The average molecular weight is 446 g/mol. The number of fused-ring (bicyclic) bond motifs is 1. The molecule has 0 aliphatic rings. The Morgan fingerprint density at radius 1 is 0.875 bits per heavy atom. The summed E-state index contributed by atoms with van der Waals surface area (Å²) in [6, 6.07) is 18.6. The lowest BCUT2D eigenvalue weighted by Crippen LogP contribution is -2.13. The summed E-state index contributed by atoms with van der Waals surface area (Å²) in [5.74, 6) is -0.571. The molecule has 0 radical (unpaired) electrons. The second-order valence-electron chi connectivity index (χ2n) is 7.45. The molecule has 4 aromatic carbocycles. The van der Waals surface area contributed by atoms with Gasteiger partial charge in [-0.15, -0.1) is 10.2 Å². The van der Waals surface area contributed by atoms with Crippen molar-refractivity contribution in [2.24, 2.45) is 10.2 Å². The highest BCUT2D eigenvalue weighted by atomic mass is 35.5. The number of benzene rings is 4. The molecule has 0 aliphatic carbocycles. The van der Waals surface area contributed by atoms with Crippen LogP contribution in [0.2, 0.25) is 5.02 Å². The van der Waals surface area contributed by atoms with Crippen LogP contribution < -0.4 is 5.32 Å². The molecular weight excluding hydrogens is 426 g/mol. The van der Waals surface area contributed by atoms with Gasteiger partial charge in [-0.25, -0.2) is 0 Å². The normalized spacial score (nSPS) is 11.2. The monoisotopic (exact) mass is 445 g/mol. The number of aromatic hydroxyl groups is 2. The van der Waals surface area contributed by atoms with Crippen LogP contribution in [0, 0.1) is 13.8 Å². The largest absolute Gasteiger partial charge is 0.508 e. The number of rotatable bonds is 4. The predicted molar refractivity (Wildman–Crippen MR) is 127 cm³/mol. The van der Waals surface area contributed by atoms with E-state index in [4.69, 9.17) is 11.6 Å². The van der Waals surface area contributed by atoms with Crippen LogP contribution >= 0.6 is 11.6 Å². The number of azo groups is 1. The minimum absolute atomic E-state index is 0.0226. The number of aryl methyl sites for hydroxylation is 2. The number of hydrogen-bond acceptors (Lipinski definition) is 5. The fourth-order valence-corrected chi connectivity index (χ4v) is 3.64. The molecule has 1 amide bonds. The van der Waals surface area contributed by atoms with E-state index in [0.717, 1.165) is 11.1 Å². The zero-order chi connectivity index (χ0) is 22.8. The van der Waals surface area contributed by atoms with Gasteiger partial charge >= 0.3 is 0 Å². The molecule has 0 atom stereocenters. The number of phenols is 2. The van der Waals surface area contributed by atoms with Crippen molar-refractivity contribution in [3.8, 4) is 11.5 Å². The Bertz CT molecular complexity index is 1380. The van der Waals surface area contributed by atoms with Crippen LogP contribution in [0.4, 0.5) is 17.1 Å². The summed E-state index contributed by atoms with van der Waals surface area (Å²) in [5.41, 5.74) is 3.50. The van der Waals surface area contributed by atoms with Crippen molar-refractivity contribution in [3.05, 3.63) is 88.4 Å². The van der Waals surface area contributed by atoms with E-state index in [-0.39, 0.29) is 22.1 Å². The van der Waals surface area contributed by atoms with Gasteiger partial charge in [-0.3, -0.25) is 4.79 Å². The summed E-state index contributed by atoms with van der Waals surface area (Å²) in [6.07, 6.45) is 0. The average Bonchev–Trinajstić information content (AvgIpc) is 2.76. The zero-order valence-corrected chi connectivity index (χ0v) is 18.2. The van der Waals surface area contributed by atoms with E-state index >= 15 is 0 Å². The van der Waals surface area contributed by atoms with Crippen LogP contribution in [-0.2, 0) is 0 Å². The number of carbonyl (C=O) groups is 1. The van der Waals surface area contributed by atoms with E-state index in [0.29, 0.717) is 27.8 Å². The summed E-state index contributed by atoms with van der Waals surface area (Å²) in [7, 11) is 0. The van der Waals surface area contributed by atoms with Crippen LogP contribution in [0.15, 0.2) is 77.0 Å². The van der Waals surface area contributed by atoms with E-state index in [9.17, 15) is 15.0 Å². The highest BCUT2D eigenvalue weighted by Crippen LogP contribution is 2.38. The molecule has 7 heteroatoms. The van der Waals surface area contributed by atoms with Gasteiger partial charge in [0, 0.05) is 22.5 Å². The maximum Gasteiger partial charge on any atom is 0.259 e. The third kappa shape index (κ3) is 4.26.